The molecule has 3 N–H and O–H groups in total. The summed E-state index contributed by atoms with van der Waals surface area (Å²) in [6.45, 7) is 7.77. The summed E-state index contributed by atoms with van der Waals surface area (Å²) in [6.07, 6.45) is 0. The average molecular weight is 250 g/mol. The van der Waals surface area contributed by atoms with Crippen molar-refractivity contribution in [1.82, 2.24) is 5.32 Å². The first-order valence-corrected chi connectivity index (χ1v) is 6.19. The van der Waals surface area contributed by atoms with Gasteiger partial charge in [0, 0.05) is 18.3 Å². The van der Waals surface area contributed by atoms with Crippen LogP contribution in [0.15, 0.2) is 18.2 Å². The topological polar surface area (TPSA) is 61.4 Å². The molecule has 2 unspecified atom stereocenters. The summed E-state index contributed by atoms with van der Waals surface area (Å²) in [6, 6.07) is 5.62. The molecule has 1 aromatic rings. The zero-order valence-corrected chi connectivity index (χ0v) is 11.4. The molecule has 0 fully saturated rings. The number of hydrogen-bond donors (Lipinski definition) is 3. The minimum absolute atomic E-state index is 0.0364. The fourth-order valence-electron chi connectivity index (χ4n) is 1.54. The van der Waals surface area contributed by atoms with Gasteiger partial charge in [0.25, 0.3) is 0 Å². The van der Waals surface area contributed by atoms with Crippen LogP contribution in [0.25, 0.3) is 0 Å². The zero-order chi connectivity index (χ0) is 13.7. The Morgan fingerprint density at radius 3 is 2.61 bits per heavy atom. The highest BCUT2D eigenvalue weighted by Crippen LogP contribution is 2.16. The van der Waals surface area contributed by atoms with Crippen LogP contribution in [0.4, 0.5) is 10.5 Å². The number of urea groups is 1. The van der Waals surface area contributed by atoms with Crippen LogP contribution in [0.3, 0.4) is 0 Å². The van der Waals surface area contributed by atoms with Crippen LogP contribution < -0.4 is 10.6 Å². The van der Waals surface area contributed by atoms with Gasteiger partial charge < -0.3 is 15.7 Å². The number of nitrogens with one attached hydrogen (secondary N) is 2. The Labute approximate surface area is 108 Å². The number of amides is 2. The molecule has 2 atom stereocenters. The molecule has 0 aliphatic carbocycles. The van der Waals surface area contributed by atoms with Crippen LogP contribution in [0.5, 0.6) is 0 Å². The van der Waals surface area contributed by atoms with E-state index in [2.05, 4.69) is 10.6 Å². The highest BCUT2D eigenvalue weighted by Gasteiger charge is 2.14. The van der Waals surface area contributed by atoms with Crippen molar-refractivity contribution in [3.8, 4) is 0 Å². The zero-order valence-electron chi connectivity index (χ0n) is 11.4. The minimum Gasteiger partial charge on any atom is -0.396 e. The number of aryl methyl sites for hydroxylation is 2. The van der Waals surface area contributed by atoms with Gasteiger partial charge in [-0.1, -0.05) is 19.1 Å². The smallest absolute Gasteiger partial charge is 0.319 e. The van der Waals surface area contributed by atoms with E-state index in [-0.39, 0.29) is 24.6 Å². The van der Waals surface area contributed by atoms with E-state index in [0.717, 1.165) is 16.8 Å². The van der Waals surface area contributed by atoms with Gasteiger partial charge >= 0.3 is 6.03 Å². The van der Waals surface area contributed by atoms with Crippen LogP contribution in [0.2, 0.25) is 0 Å². The quantitative estimate of drug-likeness (QED) is 0.768. The molecule has 0 bridgehead atoms. The Bertz CT molecular complexity index is 418. The molecule has 0 aliphatic rings. The molecule has 0 saturated carbocycles. The summed E-state index contributed by atoms with van der Waals surface area (Å²) >= 11 is 0. The number of hydrogen-bond acceptors (Lipinski definition) is 2. The van der Waals surface area contributed by atoms with E-state index in [4.69, 9.17) is 5.11 Å². The second-order valence-corrected chi connectivity index (χ2v) is 4.87. The molecular weight excluding hydrogens is 228 g/mol. The number of benzene rings is 1. The lowest BCUT2D eigenvalue weighted by Gasteiger charge is -2.20. The third-order valence-electron chi connectivity index (χ3n) is 3.14. The number of carbonyl (C=O) groups excluding carboxylic acids is 1. The van der Waals surface area contributed by atoms with Gasteiger partial charge in [-0.25, -0.2) is 4.79 Å². The SMILES string of the molecule is Cc1ccc(C)c(NC(=O)NC(C)C(C)CO)c1. The minimum atomic E-state index is -0.239. The summed E-state index contributed by atoms with van der Waals surface area (Å²) in [5, 5.41) is 14.7. The number of rotatable bonds is 4. The molecule has 100 valence electrons. The van der Waals surface area contributed by atoms with Crippen LogP contribution in [0.1, 0.15) is 25.0 Å². The van der Waals surface area contributed by atoms with Crippen molar-refractivity contribution in [2.24, 2.45) is 5.92 Å². The van der Waals surface area contributed by atoms with Gasteiger partial charge in [-0.2, -0.15) is 0 Å². The molecule has 0 aliphatic heterocycles. The predicted molar refractivity (Wildman–Crippen MR) is 73.8 cm³/mol. The van der Waals surface area contributed by atoms with Crippen molar-refractivity contribution >= 4 is 11.7 Å². The number of carbonyl (C=O) groups is 1. The normalized spacial score (nSPS) is 13.8. The maximum atomic E-state index is 11.8. The summed E-state index contributed by atoms with van der Waals surface area (Å²) < 4.78 is 0. The summed E-state index contributed by atoms with van der Waals surface area (Å²) in [7, 11) is 0. The molecule has 2 amide bonds. The average Bonchev–Trinajstić information content (AvgIpc) is 2.32. The third kappa shape index (κ3) is 4.04. The van der Waals surface area contributed by atoms with Gasteiger partial charge in [-0.3, -0.25) is 0 Å². The molecule has 0 radical (unpaired) electrons. The van der Waals surface area contributed by atoms with Crippen molar-refractivity contribution in [2.75, 3.05) is 11.9 Å². The first-order valence-electron chi connectivity index (χ1n) is 6.19. The molecule has 4 heteroatoms. The van der Waals surface area contributed by atoms with E-state index in [1.807, 2.05) is 45.9 Å². The maximum Gasteiger partial charge on any atom is 0.319 e. The van der Waals surface area contributed by atoms with E-state index in [1.54, 1.807) is 0 Å². The Balaban J connectivity index is 2.62. The van der Waals surface area contributed by atoms with Crippen molar-refractivity contribution in [2.45, 2.75) is 33.7 Å². The number of aliphatic hydroxyl groups is 1. The van der Waals surface area contributed by atoms with Crippen molar-refractivity contribution in [3.05, 3.63) is 29.3 Å². The second kappa shape index (κ2) is 6.40. The Kier molecular flexibility index (Phi) is 5.16. The lowest BCUT2D eigenvalue weighted by molar-refractivity contribution is 0.204. The van der Waals surface area contributed by atoms with Gasteiger partial charge in [0.15, 0.2) is 0 Å². The number of anilines is 1. The summed E-state index contributed by atoms with van der Waals surface area (Å²) in [5.74, 6) is 0.0364. The molecule has 0 saturated heterocycles. The first-order chi connectivity index (χ1) is 8.43. The number of aliphatic hydroxyl groups excluding tert-OH is 1. The standard InChI is InChI=1S/C14H22N2O2/c1-9-5-6-10(2)13(7-9)16-14(18)15-12(4)11(3)8-17/h5-7,11-12,17H,8H2,1-4H3,(H2,15,16,18). The molecular formula is C14H22N2O2. The Hall–Kier alpha value is -1.55. The molecule has 1 rings (SSSR count). The molecule has 4 nitrogen and oxygen atoms in total. The van der Waals surface area contributed by atoms with Crippen LogP contribution >= 0.6 is 0 Å². The van der Waals surface area contributed by atoms with Crippen molar-refractivity contribution < 1.29 is 9.90 Å². The molecule has 0 aromatic heterocycles. The van der Waals surface area contributed by atoms with Gasteiger partial charge in [-0.15, -0.1) is 0 Å². The van der Waals surface area contributed by atoms with Gasteiger partial charge in [0.2, 0.25) is 0 Å². The second-order valence-electron chi connectivity index (χ2n) is 4.87. The van der Waals surface area contributed by atoms with E-state index in [1.165, 1.54) is 0 Å². The summed E-state index contributed by atoms with van der Waals surface area (Å²) in [4.78, 5) is 11.8. The highest BCUT2D eigenvalue weighted by atomic mass is 16.3. The lowest BCUT2D eigenvalue weighted by Crippen LogP contribution is -2.40. The van der Waals surface area contributed by atoms with E-state index in [9.17, 15) is 4.79 Å². The van der Waals surface area contributed by atoms with Crippen molar-refractivity contribution in [1.29, 1.82) is 0 Å². The van der Waals surface area contributed by atoms with Gasteiger partial charge in [0.1, 0.15) is 0 Å². The van der Waals surface area contributed by atoms with E-state index < -0.39 is 0 Å². The van der Waals surface area contributed by atoms with Crippen LogP contribution in [0, 0.1) is 19.8 Å². The molecule has 0 spiro atoms. The summed E-state index contributed by atoms with van der Waals surface area (Å²) in [5.41, 5.74) is 2.95. The van der Waals surface area contributed by atoms with Crippen molar-refractivity contribution in [3.63, 3.8) is 0 Å². The third-order valence-corrected chi connectivity index (χ3v) is 3.14. The van der Waals surface area contributed by atoms with Crippen LogP contribution in [-0.2, 0) is 0 Å². The van der Waals surface area contributed by atoms with E-state index >= 15 is 0 Å². The molecule has 1 aromatic carbocycles. The van der Waals surface area contributed by atoms with E-state index in [0.29, 0.717) is 0 Å². The van der Waals surface area contributed by atoms with Gasteiger partial charge in [0.05, 0.1) is 0 Å². The monoisotopic (exact) mass is 250 g/mol. The maximum absolute atomic E-state index is 11.8. The lowest BCUT2D eigenvalue weighted by atomic mass is 10.1. The van der Waals surface area contributed by atoms with Crippen LogP contribution in [-0.4, -0.2) is 23.8 Å². The predicted octanol–water partition coefficient (Wildman–Crippen LogP) is 2.44. The first kappa shape index (κ1) is 14.5. The van der Waals surface area contributed by atoms with Gasteiger partial charge in [-0.05, 0) is 43.9 Å². The largest absolute Gasteiger partial charge is 0.396 e. The molecule has 0 heterocycles. The highest BCUT2D eigenvalue weighted by molar-refractivity contribution is 5.90. The fourth-order valence-corrected chi connectivity index (χ4v) is 1.54. The Morgan fingerprint density at radius 1 is 1.33 bits per heavy atom. The fraction of sp³-hybridized carbons (Fsp3) is 0.500. The Morgan fingerprint density at radius 2 is 2.00 bits per heavy atom. The molecule has 18 heavy (non-hydrogen) atoms.